The van der Waals surface area contributed by atoms with E-state index in [4.69, 9.17) is 10.8 Å². The highest BCUT2D eigenvalue weighted by Gasteiger charge is 2.29. The second-order valence-corrected chi connectivity index (χ2v) is 6.32. The van der Waals surface area contributed by atoms with Crippen LogP contribution in [-0.2, 0) is 0 Å². The van der Waals surface area contributed by atoms with E-state index in [2.05, 4.69) is 35.1 Å². The first kappa shape index (κ1) is 14.9. The molecule has 1 saturated heterocycles. The number of aliphatic hydroxyl groups is 1. The molecule has 1 fully saturated rings. The SMILES string of the molecule is Cc1ccsc1C(C(C)N)N1CCN(CCO)CC1. The van der Waals surface area contributed by atoms with Crippen LogP contribution in [0.3, 0.4) is 0 Å². The monoisotopic (exact) mass is 283 g/mol. The van der Waals surface area contributed by atoms with Gasteiger partial charge in [0, 0.05) is 43.6 Å². The van der Waals surface area contributed by atoms with Crippen molar-refractivity contribution in [3.8, 4) is 0 Å². The third-order valence-electron chi connectivity index (χ3n) is 3.88. The van der Waals surface area contributed by atoms with E-state index in [0.29, 0.717) is 6.04 Å². The molecule has 3 N–H and O–H groups in total. The highest BCUT2D eigenvalue weighted by molar-refractivity contribution is 7.10. The Labute approximate surface area is 119 Å². The van der Waals surface area contributed by atoms with Gasteiger partial charge in [0.25, 0.3) is 0 Å². The summed E-state index contributed by atoms with van der Waals surface area (Å²) >= 11 is 1.82. The fourth-order valence-electron chi connectivity index (χ4n) is 2.83. The summed E-state index contributed by atoms with van der Waals surface area (Å²) in [6, 6.07) is 2.65. The van der Waals surface area contributed by atoms with Gasteiger partial charge in [0.15, 0.2) is 0 Å². The number of piperazine rings is 1. The molecule has 0 saturated carbocycles. The molecular weight excluding hydrogens is 258 g/mol. The molecule has 1 aliphatic heterocycles. The van der Waals surface area contributed by atoms with Crippen LogP contribution in [0.25, 0.3) is 0 Å². The summed E-state index contributed by atoms with van der Waals surface area (Å²) < 4.78 is 0. The predicted molar refractivity (Wildman–Crippen MR) is 80.5 cm³/mol. The lowest BCUT2D eigenvalue weighted by Crippen LogP contribution is -2.51. The summed E-state index contributed by atoms with van der Waals surface area (Å²) in [5, 5.41) is 11.1. The second kappa shape index (κ2) is 6.81. The molecule has 2 unspecified atom stereocenters. The maximum atomic E-state index is 8.99. The van der Waals surface area contributed by atoms with Crippen LogP contribution in [0.1, 0.15) is 23.4 Å². The van der Waals surface area contributed by atoms with Crippen molar-refractivity contribution in [3.05, 3.63) is 21.9 Å². The van der Waals surface area contributed by atoms with Crippen LogP contribution >= 0.6 is 11.3 Å². The Morgan fingerprint density at radius 1 is 1.37 bits per heavy atom. The van der Waals surface area contributed by atoms with Gasteiger partial charge in [0.2, 0.25) is 0 Å². The second-order valence-electron chi connectivity index (χ2n) is 5.37. The van der Waals surface area contributed by atoms with Gasteiger partial charge in [0.1, 0.15) is 0 Å². The van der Waals surface area contributed by atoms with Gasteiger partial charge in [-0.3, -0.25) is 9.80 Å². The number of aliphatic hydroxyl groups excluding tert-OH is 1. The van der Waals surface area contributed by atoms with E-state index < -0.39 is 0 Å². The summed E-state index contributed by atoms with van der Waals surface area (Å²) in [6.45, 7) is 9.41. The van der Waals surface area contributed by atoms with Gasteiger partial charge in [-0.05, 0) is 30.9 Å². The van der Waals surface area contributed by atoms with Gasteiger partial charge in [-0.1, -0.05) is 0 Å². The zero-order chi connectivity index (χ0) is 13.8. The van der Waals surface area contributed by atoms with Crippen LogP contribution in [0.2, 0.25) is 0 Å². The number of β-amino-alcohol motifs (C(OH)–C–C–N with tert-alkyl or cyclic N) is 1. The fraction of sp³-hybridized carbons (Fsp3) is 0.714. The maximum Gasteiger partial charge on any atom is 0.0594 e. The molecule has 1 aromatic rings. The lowest BCUT2D eigenvalue weighted by Gasteiger charge is -2.40. The standard InChI is InChI=1S/C14H25N3OS/c1-11-3-10-19-14(11)13(12(2)15)17-6-4-16(5-7-17)8-9-18/h3,10,12-13,18H,4-9,15H2,1-2H3. The first-order chi connectivity index (χ1) is 9.13. The van der Waals surface area contributed by atoms with Crippen LogP contribution in [0, 0.1) is 6.92 Å². The molecule has 19 heavy (non-hydrogen) atoms. The zero-order valence-electron chi connectivity index (χ0n) is 11.9. The Balaban J connectivity index is 2.04. The van der Waals surface area contributed by atoms with Gasteiger partial charge >= 0.3 is 0 Å². The van der Waals surface area contributed by atoms with E-state index in [-0.39, 0.29) is 12.6 Å². The molecule has 0 spiro atoms. The van der Waals surface area contributed by atoms with Gasteiger partial charge in [0.05, 0.1) is 12.6 Å². The molecule has 0 aliphatic carbocycles. The van der Waals surface area contributed by atoms with Crippen LogP contribution in [0.4, 0.5) is 0 Å². The molecule has 108 valence electrons. The molecule has 5 heteroatoms. The third-order valence-corrected chi connectivity index (χ3v) is 4.97. The quantitative estimate of drug-likeness (QED) is 0.848. The molecule has 2 rings (SSSR count). The van der Waals surface area contributed by atoms with Crippen LogP contribution in [0.15, 0.2) is 11.4 Å². The molecule has 0 aromatic carbocycles. The predicted octanol–water partition coefficient (Wildman–Crippen LogP) is 1.05. The molecule has 1 aliphatic rings. The number of rotatable bonds is 5. The zero-order valence-corrected chi connectivity index (χ0v) is 12.7. The number of nitrogens with zero attached hydrogens (tertiary/aromatic N) is 2. The summed E-state index contributed by atoms with van der Waals surface area (Å²) in [6.07, 6.45) is 0. The van der Waals surface area contributed by atoms with Gasteiger partial charge < -0.3 is 10.8 Å². The minimum atomic E-state index is 0.141. The summed E-state index contributed by atoms with van der Waals surface area (Å²) in [5.74, 6) is 0. The highest BCUT2D eigenvalue weighted by Crippen LogP contribution is 2.31. The van der Waals surface area contributed by atoms with E-state index >= 15 is 0 Å². The molecule has 4 nitrogen and oxygen atoms in total. The van der Waals surface area contributed by atoms with Crippen molar-refractivity contribution in [1.82, 2.24) is 9.80 Å². The number of hydrogen-bond acceptors (Lipinski definition) is 5. The van der Waals surface area contributed by atoms with Crippen molar-refractivity contribution in [2.24, 2.45) is 5.73 Å². The highest BCUT2D eigenvalue weighted by atomic mass is 32.1. The summed E-state index contributed by atoms with van der Waals surface area (Å²) in [7, 11) is 0. The van der Waals surface area contributed by atoms with E-state index in [9.17, 15) is 0 Å². The summed E-state index contributed by atoms with van der Waals surface area (Å²) in [4.78, 5) is 6.22. The average Bonchev–Trinajstić information content (AvgIpc) is 2.78. The number of thiophene rings is 1. The largest absolute Gasteiger partial charge is 0.395 e. The molecule has 2 heterocycles. The molecule has 2 atom stereocenters. The summed E-state index contributed by atoms with van der Waals surface area (Å²) in [5.41, 5.74) is 7.58. The molecule has 0 bridgehead atoms. The van der Waals surface area contributed by atoms with Gasteiger partial charge in [-0.25, -0.2) is 0 Å². The van der Waals surface area contributed by atoms with Crippen molar-refractivity contribution >= 4 is 11.3 Å². The number of aryl methyl sites for hydroxylation is 1. The molecule has 0 amide bonds. The lowest BCUT2D eigenvalue weighted by molar-refractivity contribution is 0.0770. The Morgan fingerprint density at radius 3 is 2.53 bits per heavy atom. The maximum absolute atomic E-state index is 8.99. The van der Waals surface area contributed by atoms with Gasteiger partial charge in [-0.2, -0.15) is 0 Å². The molecule has 0 radical (unpaired) electrons. The van der Waals surface area contributed by atoms with E-state index in [1.165, 1.54) is 10.4 Å². The smallest absolute Gasteiger partial charge is 0.0594 e. The first-order valence-corrected chi connectivity index (χ1v) is 7.88. The lowest BCUT2D eigenvalue weighted by atomic mass is 10.0. The van der Waals surface area contributed by atoms with Crippen molar-refractivity contribution in [2.75, 3.05) is 39.3 Å². The van der Waals surface area contributed by atoms with Crippen LogP contribution in [-0.4, -0.2) is 60.3 Å². The van der Waals surface area contributed by atoms with Crippen molar-refractivity contribution in [3.63, 3.8) is 0 Å². The number of nitrogens with two attached hydrogens (primary N) is 1. The average molecular weight is 283 g/mol. The minimum absolute atomic E-state index is 0.141. The minimum Gasteiger partial charge on any atom is -0.395 e. The topological polar surface area (TPSA) is 52.7 Å². The van der Waals surface area contributed by atoms with Crippen molar-refractivity contribution < 1.29 is 5.11 Å². The number of hydrogen-bond donors (Lipinski definition) is 2. The van der Waals surface area contributed by atoms with Crippen LogP contribution in [0.5, 0.6) is 0 Å². The van der Waals surface area contributed by atoms with E-state index in [0.717, 1.165) is 32.7 Å². The Hall–Kier alpha value is -0.460. The normalized spacial score (nSPS) is 21.5. The Morgan fingerprint density at radius 2 is 2.05 bits per heavy atom. The van der Waals surface area contributed by atoms with Gasteiger partial charge in [-0.15, -0.1) is 11.3 Å². The molecular formula is C14H25N3OS. The molecule has 1 aromatic heterocycles. The van der Waals surface area contributed by atoms with Crippen molar-refractivity contribution in [2.45, 2.75) is 25.9 Å². The van der Waals surface area contributed by atoms with Crippen molar-refractivity contribution in [1.29, 1.82) is 0 Å². The Kier molecular flexibility index (Phi) is 5.36. The van der Waals surface area contributed by atoms with E-state index in [1.807, 2.05) is 11.3 Å². The fourth-order valence-corrected chi connectivity index (χ4v) is 4.01. The van der Waals surface area contributed by atoms with Crippen LogP contribution < -0.4 is 5.73 Å². The third kappa shape index (κ3) is 3.55. The van der Waals surface area contributed by atoms with E-state index in [1.54, 1.807) is 0 Å². The Bertz CT molecular complexity index is 386. The first-order valence-electron chi connectivity index (χ1n) is 7.00.